The Morgan fingerprint density at radius 1 is 1.47 bits per heavy atom. The van der Waals surface area contributed by atoms with Crippen LogP contribution in [0.5, 0.6) is 0 Å². The van der Waals surface area contributed by atoms with E-state index in [-0.39, 0.29) is 5.92 Å². The van der Waals surface area contributed by atoms with Gasteiger partial charge in [-0.1, -0.05) is 13.0 Å². The topological polar surface area (TPSA) is 37.1 Å². The summed E-state index contributed by atoms with van der Waals surface area (Å²) in [7, 11) is 0. The summed E-state index contributed by atoms with van der Waals surface area (Å²) < 4.78 is 1.22. The number of aliphatic imine (C=N–C) groups is 3. The Hall–Kier alpha value is -0.780. The van der Waals surface area contributed by atoms with Crippen molar-refractivity contribution in [1.82, 2.24) is 0 Å². The van der Waals surface area contributed by atoms with Gasteiger partial charge in [-0.25, -0.2) is 9.98 Å². The Morgan fingerprint density at radius 3 is 3.13 bits per heavy atom. The summed E-state index contributed by atoms with van der Waals surface area (Å²) in [6.45, 7) is 2.95. The fourth-order valence-electron chi connectivity index (χ4n) is 1.50. The van der Waals surface area contributed by atoms with Crippen LogP contribution in [0.1, 0.15) is 13.3 Å². The molecule has 15 heavy (non-hydrogen) atoms. The van der Waals surface area contributed by atoms with E-state index in [1.54, 1.807) is 6.34 Å². The highest BCUT2D eigenvalue weighted by Gasteiger charge is 2.22. The Balaban J connectivity index is 2.27. The smallest absolute Gasteiger partial charge is 0.138 e. The summed E-state index contributed by atoms with van der Waals surface area (Å²) in [6.07, 6.45) is 8.90. The van der Waals surface area contributed by atoms with Gasteiger partial charge in [0.05, 0.1) is 11.6 Å². The second-order valence-electron chi connectivity index (χ2n) is 3.40. The molecule has 1 atom stereocenters. The van der Waals surface area contributed by atoms with Crippen LogP contribution in [0, 0.1) is 5.92 Å². The van der Waals surface area contributed by atoms with E-state index in [1.165, 1.54) is 3.58 Å². The molecule has 4 heteroatoms. The minimum absolute atomic E-state index is 0.165. The maximum absolute atomic E-state index is 4.48. The first-order valence-electron chi connectivity index (χ1n) is 5.01. The first-order valence-corrected chi connectivity index (χ1v) is 6.09. The number of allylic oxidation sites excluding steroid dienone is 3. The molecule has 3 nitrogen and oxygen atoms in total. The third-order valence-electron chi connectivity index (χ3n) is 2.23. The van der Waals surface area contributed by atoms with Crippen LogP contribution in [-0.2, 0) is 0 Å². The number of nitrogens with zero attached hydrogens (tertiary/aromatic N) is 3. The molecular weight excluding hydrogens is 301 g/mol. The molecule has 2 rings (SSSR count). The normalized spacial score (nSPS) is 26.3. The molecule has 1 unspecified atom stereocenters. The zero-order valence-corrected chi connectivity index (χ0v) is 10.7. The van der Waals surface area contributed by atoms with E-state index in [9.17, 15) is 0 Å². The lowest BCUT2D eigenvalue weighted by Gasteiger charge is -2.18. The monoisotopic (exact) mass is 313 g/mol. The van der Waals surface area contributed by atoms with Gasteiger partial charge in [0.15, 0.2) is 0 Å². The molecule has 0 saturated heterocycles. The van der Waals surface area contributed by atoms with Gasteiger partial charge in [0.2, 0.25) is 0 Å². The van der Waals surface area contributed by atoms with Gasteiger partial charge in [0.25, 0.3) is 0 Å². The second kappa shape index (κ2) is 4.83. The molecule has 0 spiro atoms. The van der Waals surface area contributed by atoms with Gasteiger partial charge in [0, 0.05) is 10.1 Å². The molecule has 0 bridgehead atoms. The van der Waals surface area contributed by atoms with Crippen LogP contribution in [0.4, 0.5) is 0 Å². The van der Waals surface area contributed by atoms with E-state index < -0.39 is 0 Å². The number of amidine groups is 1. The third-order valence-corrected chi connectivity index (χ3v) is 2.95. The minimum atomic E-state index is 0.165. The molecule has 1 aliphatic carbocycles. The van der Waals surface area contributed by atoms with Crippen molar-refractivity contribution in [1.29, 1.82) is 0 Å². The standard InChI is InChI=1S/C11H12IN3/c1-2-5-13-11-9-6-8(12)3-4-10(9)14-7-15-11/h3-4,6-7,9H,2,5H2,1H3. The number of hydrogen-bond donors (Lipinski definition) is 0. The molecule has 0 aromatic rings. The van der Waals surface area contributed by atoms with Gasteiger partial charge in [-0.05, 0) is 41.2 Å². The quantitative estimate of drug-likeness (QED) is 0.703. The molecule has 0 aromatic heterocycles. The number of hydrogen-bond acceptors (Lipinski definition) is 2. The van der Waals surface area contributed by atoms with Gasteiger partial charge < -0.3 is 0 Å². The average Bonchev–Trinajstić information content (AvgIpc) is 2.26. The van der Waals surface area contributed by atoms with Crippen molar-refractivity contribution in [3.63, 3.8) is 0 Å². The number of fused-ring (bicyclic) bond motifs is 1. The zero-order valence-electron chi connectivity index (χ0n) is 8.52. The Kier molecular flexibility index (Phi) is 3.45. The van der Waals surface area contributed by atoms with Gasteiger partial charge >= 0.3 is 0 Å². The van der Waals surface area contributed by atoms with Crippen molar-refractivity contribution in [3.05, 3.63) is 21.8 Å². The van der Waals surface area contributed by atoms with E-state index >= 15 is 0 Å². The average molecular weight is 313 g/mol. The molecule has 1 aliphatic heterocycles. The van der Waals surface area contributed by atoms with E-state index in [2.05, 4.69) is 56.6 Å². The summed E-state index contributed by atoms with van der Waals surface area (Å²) in [5.41, 5.74) is 1.04. The van der Waals surface area contributed by atoms with Crippen molar-refractivity contribution in [2.75, 3.05) is 6.54 Å². The summed E-state index contributed by atoms with van der Waals surface area (Å²) >= 11 is 2.31. The highest BCUT2D eigenvalue weighted by molar-refractivity contribution is 14.1. The van der Waals surface area contributed by atoms with Crippen LogP contribution in [-0.4, -0.2) is 24.4 Å². The number of rotatable bonds is 2. The number of halogens is 1. The van der Waals surface area contributed by atoms with Crippen LogP contribution in [0.25, 0.3) is 0 Å². The zero-order chi connectivity index (χ0) is 10.7. The summed E-state index contributed by atoms with van der Waals surface area (Å²) in [5, 5.41) is 0. The molecule has 0 amide bonds. The minimum Gasteiger partial charge on any atom is -0.270 e. The van der Waals surface area contributed by atoms with Gasteiger partial charge in [-0.15, -0.1) is 0 Å². The predicted molar refractivity (Wildman–Crippen MR) is 73.3 cm³/mol. The third kappa shape index (κ3) is 2.42. The Bertz CT molecular complexity index is 402. The van der Waals surface area contributed by atoms with Gasteiger partial charge in [0.1, 0.15) is 12.2 Å². The molecule has 0 aromatic carbocycles. The molecule has 78 valence electrons. The largest absolute Gasteiger partial charge is 0.270 e. The lowest BCUT2D eigenvalue weighted by Crippen LogP contribution is -2.25. The predicted octanol–water partition coefficient (Wildman–Crippen LogP) is 2.78. The molecular formula is C11H12IN3. The lowest BCUT2D eigenvalue weighted by atomic mass is 9.96. The molecule has 2 aliphatic rings. The maximum atomic E-state index is 4.48. The fourth-order valence-corrected chi connectivity index (χ4v) is 2.04. The van der Waals surface area contributed by atoms with Crippen LogP contribution >= 0.6 is 22.6 Å². The Labute approximate surface area is 103 Å². The summed E-state index contributed by atoms with van der Waals surface area (Å²) in [5.74, 6) is 1.05. The van der Waals surface area contributed by atoms with Crippen molar-refractivity contribution in [3.8, 4) is 0 Å². The summed E-state index contributed by atoms with van der Waals surface area (Å²) in [6, 6.07) is 0. The SMILES string of the molecule is CCCN=C1N=CN=C2C=CC(I)=CC21. The summed E-state index contributed by atoms with van der Waals surface area (Å²) in [4.78, 5) is 13.0. The van der Waals surface area contributed by atoms with Crippen LogP contribution in [0.3, 0.4) is 0 Å². The van der Waals surface area contributed by atoms with E-state index in [0.29, 0.717) is 0 Å². The first-order chi connectivity index (χ1) is 7.31. The molecule has 0 fully saturated rings. The van der Waals surface area contributed by atoms with E-state index in [1.807, 2.05) is 6.08 Å². The van der Waals surface area contributed by atoms with Crippen LogP contribution in [0.15, 0.2) is 36.8 Å². The van der Waals surface area contributed by atoms with Crippen molar-refractivity contribution in [2.45, 2.75) is 13.3 Å². The van der Waals surface area contributed by atoms with Crippen molar-refractivity contribution < 1.29 is 0 Å². The molecule has 0 N–H and O–H groups in total. The van der Waals surface area contributed by atoms with Crippen molar-refractivity contribution in [2.24, 2.45) is 20.9 Å². The maximum Gasteiger partial charge on any atom is 0.138 e. The molecule has 0 radical (unpaired) electrons. The van der Waals surface area contributed by atoms with E-state index in [4.69, 9.17) is 0 Å². The first kappa shape index (κ1) is 10.7. The Morgan fingerprint density at radius 2 is 2.33 bits per heavy atom. The lowest BCUT2D eigenvalue weighted by molar-refractivity contribution is 0.917. The highest BCUT2D eigenvalue weighted by atomic mass is 127. The van der Waals surface area contributed by atoms with Gasteiger partial charge in [-0.3, -0.25) is 4.99 Å². The second-order valence-corrected chi connectivity index (χ2v) is 4.65. The fraction of sp³-hybridized carbons (Fsp3) is 0.364. The highest BCUT2D eigenvalue weighted by Crippen LogP contribution is 2.22. The van der Waals surface area contributed by atoms with Crippen LogP contribution in [0.2, 0.25) is 0 Å². The van der Waals surface area contributed by atoms with E-state index in [0.717, 1.165) is 24.5 Å². The molecule has 1 heterocycles. The van der Waals surface area contributed by atoms with Crippen LogP contribution < -0.4 is 0 Å². The van der Waals surface area contributed by atoms with Gasteiger partial charge in [-0.2, -0.15) is 0 Å². The van der Waals surface area contributed by atoms with Crippen molar-refractivity contribution >= 4 is 40.5 Å². The molecule has 0 saturated carbocycles.